The number of rotatable bonds is 9. The van der Waals surface area contributed by atoms with Crippen LogP contribution in [0.1, 0.15) is 74.7 Å². The van der Waals surface area contributed by atoms with Crippen molar-refractivity contribution in [3.05, 3.63) is 77.2 Å². The highest BCUT2D eigenvalue weighted by atomic mass is 16.5. The molecule has 0 aromatic carbocycles. The van der Waals surface area contributed by atoms with Crippen LogP contribution in [0.5, 0.6) is 0 Å². The molecule has 3 atom stereocenters. The molecule has 2 saturated heterocycles. The quantitative estimate of drug-likeness (QED) is 0.189. The molecule has 264 valence electrons. The summed E-state index contributed by atoms with van der Waals surface area (Å²) >= 11 is 0. The molecule has 3 N–H and O–H groups in total. The number of aromatic nitrogens is 4. The van der Waals surface area contributed by atoms with Crippen LogP contribution in [0.4, 0.5) is 22.1 Å². The molecule has 0 saturated carbocycles. The number of nitrogens with one attached hydrogen (secondary N) is 3. The first-order valence-corrected chi connectivity index (χ1v) is 17.9. The van der Waals surface area contributed by atoms with E-state index in [-0.39, 0.29) is 24.6 Å². The second-order valence-electron chi connectivity index (χ2n) is 13.8. The van der Waals surface area contributed by atoms with Gasteiger partial charge in [-0.3, -0.25) is 10.4 Å². The lowest BCUT2D eigenvalue weighted by Crippen LogP contribution is -2.54. The van der Waals surface area contributed by atoms with E-state index in [0.717, 1.165) is 79.2 Å². The number of alkyl carbamates (subject to hydrolysis) is 1. The van der Waals surface area contributed by atoms with Gasteiger partial charge in [-0.25, -0.2) is 14.8 Å². The average Bonchev–Trinajstić information content (AvgIpc) is 3.60. The number of pyridine rings is 1. The zero-order chi connectivity index (χ0) is 34.5. The SMILES string of the molecule is Cc1cc(C2(CNC(=O)OCC3=CCCC=C3)CCN(c3cnc(C(=N)N4CCCc5ncccc54)c(NC4CCCCO4)n3)CC2C)no1. The molecule has 4 aliphatic rings. The van der Waals surface area contributed by atoms with Crippen LogP contribution in [0.2, 0.25) is 0 Å². The molecule has 13 heteroatoms. The van der Waals surface area contributed by atoms with Crippen molar-refractivity contribution in [2.75, 3.05) is 54.5 Å². The molecule has 2 fully saturated rings. The first kappa shape index (κ1) is 33.7. The molecule has 3 aliphatic heterocycles. The van der Waals surface area contributed by atoms with Gasteiger partial charge in [0.25, 0.3) is 0 Å². The van der Waals surface area contributed by atoms with E-state index < -0.39 is 11.5 Å². The van der Waals surface area contributed by atoms with Crippen molar-refractivity contribution >= 4 is 29.3 Å². The predicted octanol–water partition coefficient (Wildman–Crippen LogP) is 5.67. The monoisotopic (exact) mass is 681 g/mol. The average molecular weight is 682 g/mol. The highest BCUT2D eigenvalue weighted by Crippen LogP contribution is 2.40. The standard InChI is InChI=1S/C37H47N9O4/c1-25-22-45(18-15-37(25,30-20-26(2)50-44-30)24-41-36(47)49-23-27-10-4-3-5-11-27)31-21-40-33(35(42-31)43-32-14-6-7-19-48-32)34(38)46-17-9-12-28-29(46)13-8-16-39-28/h4,8,10-11,13,16,20-21,25,32,38H,3,5-7,9,12,14-15,17-19,22-24H2,1-2H3,(H,41,47)(H,42,43). The first-order chi connectivity index (χ1) is 24.4. The van der Waals surface area contributed by atoms with Crippen molar-refractivity contribution in [3.8, 4) is 0 Å². The molecule has 6 heterocycles. The molecule has 50 heavy (non-hydrogen) atoms. The maximum Gasteiger partial charge on any atom is 0.407 e. The minimum Gasteiger partial charge on any atom is -0.445 e. The summed E-state index contributed by atoms with van der Waals surface area (Å²) in [6.07, 6.45) is 16.6. The van der Waals surface area contributed by atoms with Crippen LogP contribution in [0, 0.1) is 18.3 Å². The molecule has 3 unspecified atom stereocenters. The number of nitrogens with zero attached hydrogens (tertiary/aromatic N) is 6. The topological polar surface area (TPSA) is 155 Å². The number of hydrogen-bond acceptors (Lipinski definition) is 11. The number of ether oxygens (including phenoxy) is 2. The Bertz CT molecular complexity index is 1750. The molecule has 3 aromatic rings. The lowest BCUT2D eigenvalue weighted by atomic mass is 9.68. The number of amidine groups is 1. The van der Waals surface area contributed by atoms with Crippen LogP contribution in [-0.2, 0) is 21.3 Å². The number of piperidine rings is 1. The Kier molecular flexibility index (Phi) is 10.1. The van der Waals surface area contributed by atoms with E-state index >= 15 is 0 Å². The van der Waals surface area contributed by atoms with Gasteiger partial charge in [0.1, 0.15) is 30.1 Å². The van der Waals surface area contributed by atoms with E-state index in [4.69, 9.17) is 24.0 Å². The summed E-state index contributed by atoms with van der Waals surface area (Å²) < 4.78 is 17.2. The maximum atomic E-state index is 12.9. The van der Waals surface area contributed by atoms with E-state index in [1.165, 1.54) is 0 Å². The van der Waals surface area contributed by atoms with Gasteiger partial charge < -0.3 is 34.4 Å². The first-order valence-electron chi connectivity index (χ1n) is 17.9. The molecule has 3 aromatic heterocycles. The lowest BCUT2D eigenvalue weighted by molar-refractivity contribution is 0.0340. The second-order valence-corrected chi connectivity index (χ2v) is 13.8. The summed E-state index contributed by atoms with van der Waals surface area (Å²) in [5, 5.41) is 20.3. The van der Waals surface area contributed by atoms with E-state index in [1.807, 2.05) is 42.3 Å². The molecular formula is C37H47N9O4. The van der Waals surface area contributed by atoms with Crippen molar-refractivity contribution in [3.63, 3.8) is 0 Å². The third-order valence-corrected chi connectivity index (χ3v) is 10.4. The van der Waals surface area contributed by atoms with Crippen LogP contribution in [0.15, 0.2) is 58.9 Å². The number of carbonyl (C=O) groups excluding carboxylic acids is 1. The second kappa shape index (κ2) is 15.0. The third-order valence-electron chi connectivity index (χ3n) is 10.4. The van der Waals surface area contributed by atoms with Gasteiger partial charge >= 0.3 is 6.09 Å². The Balaban J connectivity index is 1.11. The van der Waals surface area contributed by atoms with Crippen LogP contribution in [0.3, 0.4) is 0 Å². The smallest absolute Gasteiger partial charge is 0.407 e. The van der Waals surface area contributed by atoms with Gasteiger partial charge in [0, 0.05) is 50.5 Å². The third kappa shape index (κ3) is 7.23. The Morgan fingerprint density at radius 2 is 2.12 bits per heavy atom. The molecule has 0 spiro atoms. The number of anilines is 3. The van der Waals surface area contributed by atoms with Crippen molar-refractivity contribution in [1.82, 2.24) is 25.4 Å². The highest BCUT2D eigenvalue weighted by Gasteiger charge is 2.45. The van der Waals surface area contributed by atoms with Crippen molar-refractivity contribution in [2.24, 2.45) is 5.92 Å². The van der Waals surface area contributed by atoms with Crippen LogP contribution >= 0.6 is 0 Å². The zero-order valence-electron chi connectivity index (χ0n) is 29.0. The normalized spacial score (nSPS) is 23.5. The van der Waals surface area contributed by atoms with Crippen LogP contribution in [-0.4, -0.2) is 77.7 Å². The van der Waals surface area contributed by atoms with Gasteiger partial charge in [0.05, 0.1) is 23.3 Å². The number of amides is 1. The number of hydrogen-bond donors (Lipinski definition) is 3. The summed E-state index contributed by atoms with van der Waals surface area (Å²) in [6, 6.07) is 5.90. The molecule has 0 radical (unpaired) electrons. The Morgan fingerprint density at radius 3 is 2.90 bits per heavy atom. The Morgan fingerprint density at radius 1 is 1.20 bits per heavy atom. The van der Waals surface area contributed by atoms with Crippen molar-refractivity contribution < 1.29 is 18.8 Å². The molecule has 1 aliphatic carbocycles. The van der Waals surface area contributed by atoms with Crippen molar-refractivity contribution in [2.45, 2.75) is 76.9 Å². The summed E-state index contributed by atoms with van der Waals surface area (Å²) in [5.41, 5.74) is 3.79. The van der Waals surface area contributed by atoms with Gasteiger partial charge in [0.15, 0.2) is 11.7 Å². The van der Waals surface area contributed by atoms with E-state index in [1.54, 1.807) is 6.20 Å². The highest BCUT2D eigenvalue weighted by molar-refractivity contribution is 6.10. The van der Waals surface area contributed by atoms with Gasteiger partial charge in [-0.1, -0.05) is 30.3 Å². The molecule has 1 amide bonds. The predicted molar refractivity (Wildman–Crippen MR) is 191 cm³/mol. The number of aryl methyl sites for hydroxylation is 2. The van der Waals surface area contributed by atoms with Gasteiger partial charge in [-0.15, -0.1) is 0 Å². The molecule has 13 nitrogen and oxygen atoms in total. The van der Waals surface area contributed by atoms with Gasteiger partial charge in [-0.05, 0) is 81.9 Å². The number of fused-ring (bicyclic) bond motifs is 1. The van der Waals surface area contributed by atoms with E-state index in [9.17, 15) is 10.2 Å². The largest absolute Gasteiger partial charge is 0.445 e. The molecule has 0 bridgehead atoms. The maximum absolute atomic E-state index is 12.9. The summed E-state index contributed by atoms with van der Waals surface area (Å²) in [7, 11) is 0. The fourth-order valence-corrected chi connectivity index (χ4v) is 7.49. The summed E-state index contributed by atoms with van der Waals surface area (Å²) in [4.78, 5) is 31.7. The fourth-order valence-electron chi connectivity index (χ4n) is 7.49. The van der Waals surface area contributed by atoms with Crippen molar-refractivity contribution in [1.29, 1.82) is 5.41 Å². The van der Waals surface area contributed by atoms with Crippen LogP contribution < -0.4 is 20.4 Å². The lowest BCUT2D eigenvalue weighted by Gasteiger charge is -2.46. The van der Waals surface area contributed by atoms with Gasteiger partial charge in [-0.2, -0.15) is 0 Å². The van der Waals surface area contributed by atoms with E-state index in [0.29, 0.717) is 50.7 Å². The van der Waals surface area contributed by atoms with E-state index in [2.05, 4.69) is 44.7 Å². The summed E-state index contributed by atoms with van der Waals surface area (Å²) in [5.74, 6) is 2.33. The molecular weight excluding hydrogens is 634 g/mol. The van der Waals surface area contributed by atoms with Gasteiger partial charge in [0.2, 0.25) is 0 Å². The minimum absolute atomic E-state index is 0.0558. The minimum atomic E-state index is -0.473. The molecule has 7 rings (SSSR count). The Hall–Kier alpha value is -4.78. The fraction of sp³-hybridized carbons (Fsp3) is 0.514. The number of allylic oxidation sites excluding steroid dienone is 2. The Labute approximate surface area is 293 Å². The number of carbonyl (C=O) groups is 1. The zero-order valence-corrected chi connectivity index (χ0v) is 29.0. The van der Waals surface area contributed by atoms with Crippen LogP contribution in [0.25, 0.3) is 0 Å². The summed E-state index contributed by atoms with van der Waals surface area (Å²) in [6.45, 7) is 7.37.